The molecule has 2 fully saturated rings. The van der Waals surface area contributed by atoms with Gasteiger partial charge in [0.2, 0.25) is 5.91 Å². The zero-order valence-electron chi connectivity index (χ0n) is 15.0. The number of carbonyl (C=O) groups excluding carboxylic acids is 2. The van der Waals surface area contributed by atoms with Crippen LogP contribution in [0.25, 0.3) is 0 Å². The van der Waals surface area contributed by atoms with E-state index in [4.69, 9.17) is 11.6 Å². The maximum absolute atomic E-state index is 12.9. The molecule has 2 unspecified atom stereocenters. The van der Waals surface area contributed by atoms with Gasteiger partial charge < -0.3 is 10.2 Å². The zero-order valence-corrected chi connectivity index (χ0v) is 15.7. The molecular weight excluding hydrogens is 362 g/mol. The molecule has 2 amide bonds. The lowest BCUT2D eigenvalue weighted by Crippen LogP contribution is -2.52. The molecule has 4 rings (SSSR count). The second kappa shape index (κ2) is 7.69. The van der Waals surface area contributed by atoms with Crippen LogP contribution >= 0.6 is 11.6 Å². The summed E-state index contributed by atoms with van der Waals surface area (Å²) in [5.74, 6) is 0.0872. The maximum Gasteiger partial charge on any atom is 0.251 e. The van der Waals surface area contributed by atoms with E-state index in [1.165, 1.54) is 0 Å². The summed E-state index contributed by atoms with van der Waals surface area (Å²) in [7, 11) is 0. The Labute approximate surface area is 163 Å². The zero-order chi connectivity index (χ0) is 18.8. The van der Waals surface area contributed by atoms with Crippen LogP contribution in [0.15, 0.2) is 48.8 Å². The quantitative estimate of drug-likeness (QED) is 0.881. The second-order valence-electron chi connectivity index (χ2n) is 7.37. The van der Waals surface area contributed by atoms with Gasteiger partial charge in [0.15, 0.2) is 0 Å². The molecule has 0 spiro atoms. The van der Waals surface area contributed by atoms with E-state index in [2.05, 4.69) is 15.2 Å². The molecule has 1 aromatic carbocycles. The van der Waals surface area contributed by atoms with Gasteiger partial charge >= 0.3 is 0 Å². The maximum atomic E-state index is 12.9. The Morgan fingerprint density at radius 3 is 2.48 bits per heavy atom. The summed E-state index contributed by atoms with van der Waals surface area (Å²) >= 11 is 6.03. The molecule has 140 valence electrons. The van der Waals surface area contributed by atoms with Gasteiger partial charge in [0, 0.05) is 41.1 Å². The van der Waals surface area contributed by atoms with Crippen molar-refractivity contribution in [3.05, 3.63) is 64.9 Å². The smallest absolute Gasteiger partial charge is 0.251 e. The van der Waals surface area contributed by atoms with Crippen molar-refractivity contribution in [3.8, 4) is 0 Å². The fourth-order valence-electron chi connectivity index (χ4n) is 4.39. The van der Waals surface area contributed by atoms with Crippen LogP contribution in [0.5, 0.6) is 0 Å². The minimum absolute atomic E-state index is 0.0690. The van der Waals surface area contributed by atoms with Crippen molar-refractivity contribution < 1.29 is 9.59 Å². The van der Waals surface area contributed by atoms with E-state index in [1.54, 1.807) is 24.5 Å². The molecule has 5 nitrogen and oxygen atoms in total. The fourth-order valence-corrected chi connectivity index (χ4v) is 4.60. The van der Waals surface area contributed by atoms with Gasteiger partial charge in [-0.2, -0.15) is 0 Å². The number of carbonyl (C=O) groups is 2. The third kappa shape index (κ3) is 3.98. The molecule has 2 aromatic rings. The molecule has 2 saturated heterocycles. The third-order valence-electron chi connectivity index (χ3n) is 5.54. The first-order valence-electron chi connectivity index (χ1n) is 9.36. The van der Waals surface area contributed by atoms with Gasteiger partial charge in [-0.25, -0.2) is 0 Å². The van der Waals surface area contributed by atoms with Crippen molar-refractivity contribution in [3.63, 3.8) is 0 Å². The summed E-state index contributed by atoms with van der Waals surface area (Å²) < 4.78 is 0. The first-order valence-corrected chi connectivity index (χ1v) is 9.74. The number of hydrogen-bond acceptors (Lipinski definition) is 3. The number of rotatable bonds is 4. The van der Waals surface area contributed by atoms with Gasteiger partial charge in [-0.05, 0) is 55.5 Å². The SMILES string of the molecule is O=C(NC1CC2CCC(C1)N2C(=O)Cc1cccc(Cl)c1)c1ccncc1. The van der Waals surface area contributed by atoms with E-state index >= 15 is 0 Å². The Morgan fingerprint density at radius 2 is 1.81 bits per heavy atom. The molecule has 0 saturated carbocycles. The summed E-state index contributed by atoms with van der Waals surface area (Å²) in [6.07, 6.45) is 7.26. The van der Waals surface area contributed by atoms with Gasteiger partial charge in [-0.3, -0.25) is 14.6 Å². The van der Waals surface area contributed by atoms with E-state index < -0.39 is 0 Å². The monoisotopic (exact) mass is 383 g/mol. The Kier molecular flexibility index (Phi) is 5.12. The number of aromatic nitrogens is 1. The van der Waals surface area contributed by atoms with Crippen LogP contribution in [-0.2, 0) is 11.2 Å². The number of fused-ring (bicyclic) bond motifs is 2. The first kappa shape index (κ1) is 18.0. The molecule has 0 aliphatic carbocycles. The molecule has 0 radical (unpaired) electrons. The summed E-state index contributed by atoms with van der Waals surface area (Å²) in [5.41, 5.74) is 1.57. The van der Waals surface area contributed by atoms with Crippen LogP contribution in [0.4, 0.5) is 0 Å². The topological polar surface area (TPSA) is 62.3 Å². The number of hydrogen-bond donors (Lipinski definition) is 1. The Balaban J connectivity index is 1.38. The number of piperidine rings is 1. The van der Waals surface area contributed by atoms with E-state index in [0.717, 1.165) is 31.2 Å². The molecule has 2 bridgehead atoms. The average Bonchev–Trinajstić information content (AvgIpc) is 2.93. The number of benzene rings is 1. The highest BCUT2D eigenvalue weighted by Crippen LogP contribution is 2.36. The van der Waals surface area contributed by atoms with E-state index in [-0.39, 0.29) is 29.9 Å². The van der Waals surface area contributed by atoms with Gasteiger partial charge in [0.05, 0.1) is 6.42 Å². The largest absolute Gasteiger partial charge is 0.349 e. The predicted octanol–water partition coefficient (Wildman–Crippen LogP) is 3.23. The lowest BCUT2D eigenvalue weighted by atomic mass is 9.96. The van der Waals surface area contributed by atoms with Gasteiger partial charge in [-0.15, -0.1) is 0 Å². The minimum atomic E-state index is -0.0690. The highest BCUT2D eigenvalue weighted by Gasteiger charge is 2.43. The first-order chi connectivity index (χ1) is 13.1. The summed E-state index contributed by atoms with van der Waals surface area (Å²) in [5, 5.41) is 3.78. The molecule has 1 N–H and O–H groups in total. The van der Waals surface area contributed by atoms with Crippen molar-refractivity contribution in [2.45, 2.75) is 50.2 Å². The summed E-state index contributed by atoms with van der Waals surface area (Å²) in [4.78, 5) is 31.3. The van der Waals surface area contributed by atoms with Crippen molar-refractivity contribution in [2.75, 3.05) is 0 Å². The standard InChI is InChI=1S/C21H22ClN3O2/c22-16-3-1-2-14(10-16)11-20(26)25-18-4-5-19(25)13-17(12-18)24-21(27)15-6-8-23-9-7-15/h1-3,6-10,17-19H,4-5,11-13H2,(H,24,27). The lowest BCUT2D eigenvalue weighted by molar-refractivity contribution is -0.135. The average molecular weight is 384 g/mol. The van der Waals surface area contributed by atoms with Crippen LogP contribution < -0.4 is 5.32 Å². The highest BCUT2D eigenvalue weighted by molar-refractivity contribution is 6.30. The number of amides is 2. The molecular formula is C21H22ClN3O2. The minimum Gasteiger partial charge on any atom is -0.349 e. The molecule has 6 heteroatoms. The predicted molar refractivity (Wildman–Crippen MR) is 104 cm³/mol. The molecule has 2 atom stereocenters. The second-order valence-corrected chi connectivity index (χ2v) is 7.81. The Bertz CT molecular complexity index is 828. The van der Waals surface area contributed by atoms with Crippen LogP contribution in [-0.4, -0.2) is 39.8 Å². The molecule has 27 heavy (non-hydrogen) atoms. The third-order valence-corrected chi connectivity index (χ3v) is 5.78. The van der Waals surface area contributed by atoms with Crippen LogP contribution in [0, 0.1) is 0 Å². The normalized spacial score (nSPS) is 23.9. The van der Waals surface area contributed by atoms with Crippen LogP contribution in [0.1, 0.15) is 41.6 Å². The van der Waals surface area contributed by atoms with Crippen molar-refractivity contribution in [1.82, 2.24) is 15.2 Å². The van der Waals surface area contributed by atoms with Crippen molar-refractivity contribution >= 4 is 23.4 Å². The lowest BCUT2D eigenvalue weighted by Gasteiger charge is -2.39. The van der Waals surface area contributed by atoms with E-state index in [1.807, 2.05) is 24.3 Å². The highest BCUT2D eigenvalue weighted by atomic mass is 35.5. The Morgan fingerprint density at radius 1 is 1.11 bits per heavy atom. The fraction of sp³-hybridized carbons (Fsp3) is 0.381. The number of pyridine rings is 1. The molecule has 2 aliphatic heterocycles. The van der Waals surface area contributed by atoms with Crippen molar-refractivity contribution in [2.24, 2.45) is 0 Å². The van der Waals surface area contributed by atoms with Gasteiger partial charge in [0.25, 0.3) is 5.91 Å². The number of nitrogens with zero attached hydrogens (tertiary/aromatic N) is 2. The number of nitrogens with one attached hydrogen (secondary N) is 1. The summed E-state index contributed by atoms with van der Waals surface area (Å²) in [6.45, 7) is 0. The van der Waals surface area contributed by atoms with Gasteiger partial charge in [0.1, 0.15) is 0 Å². The van der Waals surface area contributed by atoms with Gasteiger partial charge in [-0.1, -0.05) is 23.7 Å². The molecule has 3 heterocycles. The Hall–Kier alpha value is -2.40. The van der Waals surface area contributed by atoms with Crippen LogP contribution in [0.2, 0.25) is 5.02 Å². The molecule has 2 aliphatic rings. The molecule has 1 aromatic heterocycles. The van der Waals surface area contributed by atoms with Crippen molar-refractivity contribution in [1.29, 1.82) is 0 Å². The van der Waals surface area contributed by atoms with Crippen LogP contribution in [0.3, 0.4) is 0 Å². The van der Waals surface area contributed by atoms with E-state index in [9.17, 15) is 9.59 Å². The van der Waals surface area contributed by atoms with E-state index in [0.29, 0.717) is 17.0 Å². The number of halogens is 1. The summed E-state index contributed by atoms with van der Waals surface area (Å²) in [6, 6.07) is 11.4.